The highest BCUT2D eigenvalue weighted by Crippen LogP contribution is 2.26. The Hall–Kier alpha value is -1.05. The minimum Gasteiger partial charge on any atom is -0.332 e. The van der Waals surface area contributed by atoms with Crippen LogP contribution in [0.4, 0.5) is 0 Å². The van der Waals surface area contributed by atoms with Crippen molar-refractivity contribution in [3.8, 4) is 0 Å². The highest BCUT2D eigenvalue weighted by atomic mass is 16.2. The van der Waals surface area contributed by atoms with Crippen LogP contribution in [0.1, 0.15) is 19.3 Å². The summed E-state index contributed by atoms with van der Waals surface area (Å²) in [4.78, 5) is 13.4. The molecule has 0 aromatic heterocycles. The van der Waals surface area contributed by atoms with E-state index in [1.54, 1.807) is 0 Å². The molecule has 12 heavy (non-hydrogen) atoms. The molecule has 0 saturated carbocycles. The number of rotatable bonds is 0. The lowest BCUT2D eigenvalue weighted by Crippen LogP contribution is -2.45. The molecule has 1 atom stereocenters. The molecule has 0 bridgehead atoms. The summed E-state index contributed by atoms with van der Waals surface area (Å²) in [5, 5.41) is 0. The monoisotopic (exact) mass is 163 g/mol. The van der Waals surface area contributed by atoms with Crippen molar-refractivity contribution in [3.63, 3.8) is 0 Å². The van der Waals surface area contributed by atoms with Crippen LogP contribution in [0, 0.1) is 0 Å². The number of carbonyl (C=O) groups is 1. The Morgan fingerprint density at radius 3 is 3.17 bits per heavy atom. The Morgan fingerprint density at radius 1 is 1.58 bits per heavy atom. The standard InChI is InChI=1S/C10H13NO/c1-8-4-3-7-11-9(8)5-2-6-10(11)12/h3-4,9H,1-2,5-7H2. The van der Waals surface area contributed by atoms with Crippen LogP contribution in [-0.4, -0.2) is 23.4 Å². The van der Waals surface area contributed by atoms with Crippen LogP contribution < -0.4 is 0 Å². The average Bonchev–Trinajstić information content (AvgIpc) is 2.07. The quantitative estimate of drug-likeness (QED) is 0.530. The molecule has 1 amide bonds. The third-order valence-corrected chi connectivity index (χ3v) is 2.63. The highest BCUT2D eigenvalue weighted by Gasteiger charge is 2.29. The predicted molar refractivity (Wildman–Crippen MR) is 47.6 cm³/mol. The van der Waals surface area contributed by atoms with Gasteiger partial charge in [0.1, 0.15) is 0 Å². The Morgan fingerprint density at radius 2 is 2.42 bits per heavy atom. The van der Waals surface area contributed by atoms with Gasteiger partial charge in [0.25, 0.3) is 0 Å². The van der Waals surface area contributed by atoms with E-state index >= 15 is 0 Å². The molecule has 2 aliphatic heterocycles. The van der Waals surface area contributed by atoms with Gasteiger partial charge in [-0.1, -0.05) is 18.7 Å². The summed E-state index contributed by atoms with van der Waals surface area (Å²) in [5.74, 6) is 0.289. The van der Waals surface area contributed by atoms with Crippen LogP contribution in [0.25, 0.3) is 0 Å². The van der Waals surface area contributed by atoms with Gasteiger partial charge in [-0.2, -0.15) is 0 Å². The summed E-state index contributed by atoms with van der Waals surface area (Å²) in [6.07, 6.45) is 6.89. The van der Waals surface area contributed by atoms with Gasteiger partial charge in [-0.3, -0.25) is 4.79 Å². The van der Waals surface area contributed by atoms with Crippen LogP contribution in [0.15, 0.2) is 24.3 Å². The maximum atomic E-state index is 11.4. The smallest absolute Gasteiger partial charge is 0.223 e. The fourth-order valence-corrected chi connectivity index (χ4v) is 1.96. The number of carbonyl (C=O) groups excluding carboxylic acids is 1. The van der Waals surface area contributed by atoms with Crippen LogP contribution >= 0.6 is 0 Å². The zero-order valence-corrected chi connectivity index (χ0v) is 7.12. The summed E-state index contributed by atoms with van der Waals surface area (Å²) in [5.41, 5.74) is 1.09. The van der Waals surface area contributed by atoms with Gasteiger partial charge in [0, 0.05) is 13.0 Å². The van der Waals surface area contributed by atoms with Gasteiger partial charge in [-0.05, 0) is 18.4 Å². The molecule has 2 rings (SSSR count). The lowest BCUT2D eigenvalue weighted by Gasteiger charge is -2.37. The van der Waals surface area contributed by atoms with Crippen molar-refractivity contribution in [1.29, 1.82) is 0 Å². The van der Waals surface area contributed by atoms with Gasteiger partial charge in [-0.25, -0.2) is 0 Å². The van der Waals surface area contributed by atoms with Gasteiger partial charge in [0.05, 0.1) is 6.04 Å². The van der Waals surface area contributed by atoms with E-state index in [2.05, 4.69) is 6.58 Å². The molecule has 0 radical (unpaired) electrons. The van der Waals surface area contributed by atoms with Crippen LogP contribution in [0.3, 0.4) is 0 Å². The number of fused-ring (bicyclic) bond motifs is 1. The van der Waals surface area contributed by atoms with E-state index in [0.717, 1.165) is 31.4 Å². The lowest BCUT2D eigenvalue weighted by atomic mass is 9.93. The van der Waals surface area contributed by atoms with E-state index in [1.165, 1.54) is 0 Å². The average molecular weight is 163 g/mol. The third kappa shape index (κ3) is 1.07. The maximum Gasteiger partial charge on any atom is 0.223 e. The van der Waals surface area contributed by atoms with Gasteiger partial charge in [0.2, 0.25) is 5.91 Å². The normalized spacial score (nSPS) is 29.0. The molecule has 2 nitrogen and oxygen atoms in total. The summed E-state index contributed by atoms with van der Waals surface area (Å²) >= 11 is 0. The Labute approximate surface area is 72.6 Å². The zero-order chi connectivity index (χ0) is 8.55. The number of nitrogens with zero attached hydrogens (tertiary/aromatic N) is 1. The van der Waals surface area contributed by atoms with E-state index in [1.807, 2.05) is 17.1 Å². The zero-order valence-electron chi connectivity index (χ0n) is 7.12. The van der Waals surface area contributed by atoms with E-state index in [4.69, 9.17) is 0 Å². The van der Waals surface area contributed by atoms with Crippen molar-refractivity contribution >= 4 is 5.91 Å². The minimum atomic E-state index is 0.289. The van der Waals surface area contributed by atoms with Crippen molar-refractivity contribution in [2.45, 2.75) is 25.3 Å². The molecule has 0 aliphatic carbocycles. The van der Waals surface area contributed by atoms with Gasteiger partial charge in [0.15, 0.2) is 0 Å². The third-order valence-electron chi connectivity index (χ3n) is 2.63. The largest absolute Gasteiger partial charge is 0.332 e. The maximum absolute atomic E-state index is 11.4. The van der Waals surface area contributed by atoms with Crippen molar-refractivity contribution in [1.82, 2.24) is 4.90 Å². The van der Waals surface area contributed by atoms with Crippen molar-refractivity contribution in [3.05, 3.63) is 24.3 Å². The second-order valence-electron chi connectivity index (χ2n) is 3.43. The highest BCUT2D eigenvalue weighted by molar-refractivity contribution is 5.78. The molecule has 0 aromatic carbocycles. The Kier molecular flexibility index (Phi) is 1.75. The van der Waals surface area contributed by atoms with Crippen molar-refractivity contribution < 1.29 is 4.79 Å². The summed E-state index contributed by atoms with van der Waals surface area (Å²) in [7, 11) is 0. The topological polar surface area (TPSA) is 20.3 Å². The van der Waals surface area contributed by atoms with Gasteiger partial charge < -0.3 is 4.90 Å². The molecule has 2 aliphatic rings. The van der Waals surface area contributed by atoms with E-state index in [-0.39, 0.29) is 5.91 Å². The fraction of sp³-hybridized carbons (Fsp3) is 0.500. The fourth-order valence-electron chi connectivity index (χ4n) is 1.96. The van der Waals surface area contributed by atoms with Crippen molar-refractivity contribution in [2.24, 2.45) is 0 Å². The van der Waals surface area contributed by atoms with Crippen LogP contribution in [-0.2, 0) is 4.79 Å². The first-order valence-electron chi connectivity index (χ1n) is 4.44. The first kappa shape index (κ1) is 7.59. The molecular weight excluding hydrogens is 150 g/mol. The second-order valence-corrected chi connectivity index (χ2v) is 3.43. The molecule has 0 aromatic rings. The summed E-state index contributed by atoms with van der Waals surface area (Å²) in [6.45, 7) is 4.73. The van der Waals surface area contributed by atoms with Crippen LogP contribution in [0.2, 0.25) is 0 Å². The number of piperidine rings is 1. The van der Waals surface area contributed by atoms with Gasteiger partial charge in [-0.15, -0.1) is 0 Å². The molecule has 0 N–H and O–H groups in total. The molecule has 1 unspecified atom stereocenters. The van der Waals surface area contributed by atoms with E-state index < -0.39 is 0 Å². The summed E-state index contributed by atoms with van der Waals surface area (Å²) < 4.78 is 0. The molecule has 1 saturated heterocycles. The molecule has 2 heteroatoms. The van der Waals surface area contributed by atoms with Gasteiger partial charge >= 0.3 is 0 Å². The lowest BCUT2D eigenvalue weighted by molar-refractivity contribution is -0.134. The first-order valence-corrected chi connectivity index (χ1v) is 4.44. The number of amides is 1. The number of hydrogen-bond donors (Lipinski definition) is 0. The van der Waals surface area contributed by atoms with Crippen LogP contribution in [0.5, 0.6) is 0 Å². The van der Waals surface area contributed by atoms with E-state index in [9.17, 15) is 4.79 Å². The molecular formula is C10H13NO. The molecule has 64 valence electrons. The molecule has 1 fully saturated rings. The number of hydrogen-bond acceptors (Lipinski definition) is 1. The Balaban J connectivity index is 2.24. The van der Waals surface area contributed by atoms with E-state index in [0.29, 0.717) is 6.04 Å². The SMILES string of the molecule is C=C1C=CCN2C(=O)CCCC12. The minimum absolute atomic E-state index is 0.289. The van der Waals surface area contributed by atoms with Crippen molar-refractivity contribution in [2.75, 3.05) is 6.54 Å². The first-order chi connectivity index (χ1) is 5.79. The predicted octanol–water partition coefficient (Wildman–Crippen LogP) is 1.49. The molecule has 0 spiro atoms. The summed E-state index contributed by atoms with van der Waals surface area (Å²) in [6, 6.07) is 0.302. The Bertz CT molecular complexity index is 255. The molecule has 2 heterocycles. The second kappa shape index (κ2) is 2.77.